The van der Waals surface area contributed by atoms with Crippen LogP contribution in [0, 0.1) is 0 Å². The van der Waals surface area contributed by atoms with Crippen LogP contribution in [0.1, 0.15) is 21.5 Å². The third-order valence-corrected chi connectivity index (χ3v) is 6.31. The summed E-state index contributed by atoms with van der Waals surface area (Å²) in [5.41, 5.74) is 2.57. The van der Waals surface area contributed by atoms with E-state index in [2.05, 4.69) is 15.5 Å². The summed E-state index contributed by atoms with van der Waals surface area (Å²) >= 11 is 0. The summed E-state index contributed by atoms with van der Waals surface area (Å²) in [6.45, 7) is 3.03. The minimum absolute atomic E-state index is 0.0318. The zero-order chi connectivity index (χ0) is 25.2. The lowest BCUT2D eigenvalue weighted by Gasteiger charge is -2.36. The maximum Gasteiger partial charge on any atom is 0.251 e. The Kier molecular flexibility index (Phi) is 8.83. The lowest BCUT2D eigenvalue weighted by atomic mass is 10.0. The highest BCUT2D eigenvalue weighted by molar-refractivity contribution is 5.97. The molecule has 0 radical (unpaired) electrons. The summed E-state index contributed by atoms with van der Waals surface area (Å²) in [5.74, 6) is -0.398. The van der Waals surface area contributed by atoms with Crippen molar-refractivity contribution in [3.63, 3.8) is 0 Å². The topological polar surface area (TPSA) is 81.8 Å². The Morgan fingerprint density at radius 1 is 0.722 bits per heavy atom. The van der Waals surface area contributed by atoms with Crippen molar-refractivity contribution >= 4 is 17.7 Å². The number of hydrogen-bond donors (Lipinski definition) is 2. The lowest BCUT2D eigenvalue weighted by molar-refractivity contribution is -0.135. The summed E-state index contributed by atoms with van der Waals surface area (Å²) in [5, 5.41) is 5.90. The van der Waals surface area contributed by atoms with E-state index in [1.807, 2.05) is 66.7 Å². The van der Waals surface area contributed by atoms with Crippen LogP contribution in [-0.4, -0.2) is 66.3 Å². The van der Waals surface area contributed by atoms with E-state index in [1.165, 1.54) is 0 Å². The summed E-state index contributed by atoms with van der Waals surface area (Å²) in [6, 6.07) is 27.8. The van der Waals surface area contributed by atoms with Gasteiger partial charge < -0.3 is 15.5 Å². The number of amides is 3. The number of carbonyl (C=O) groups is 3. The molecule has 36 heavy (non-hydrogen) atoms. The number of nitrogens with zero attached hydrogens (tertiary/aromatic N) is 2. The smallest absolute Gasteiger partial charge is 0.251 e. The van der Waals surface area contributed by atoms with Gasteiger partial charge in [-0.2, -0.15) is 0 Å². The van der Waals surface area contributed by atoms with E-state index in [0.29, 0.717) is 51.3 Å². The Labute approximate surface area is 212 Å². The number of benzene rings is 3. The number of hydrogen-bond acceptors (Lipinski definition) is 4. The maximum atomic E-state index is 13.5. The van der Waals surface area contributed by atoms with Gasteiger partial charge in [0.05, 0.1) is 6.54 Å². The minimum atomic E-state index is -0.666. The summed E-state index contributed by atoms with van der Waals surface area (Å²) in [6.07, 6.45) is 0.417. The van der Waals surface area contributed by atoms with Crippen LogP contribution >= 0.6 is 0 Å². The van der Waals surface area contributed by atoms with Crippen molar-refractivity contribution in [1.82, 2.24) is 20.4 Å². The van der Waals surface area contributed by atoms with Gasteiger partial charge >= 0.3 is 0 Å². The molecular weight excluding hydrogens is 452 g/mol. The highest BCUT2D eigenvalue weighted by Gasteiger charge is 2.29. The molecule has 1 heterocycles. The van der Waals surface area contributed by atoms with Gasteiger partial charge in [0.1, 0.15) is 6.04 Å². The van der Waals surface area contributed by atoms with Gasteiger partial charge in [0.15, 0.2) is 0 Å². The van der Waals surface area contributed by atoms with E-state index in [-0.39, 0.29) is 17.7 Å². The largest absolute Gasteiger partial charge is 0.351 e. The second-order valence-corrected chi connectivity index (χ2v) is 8.95. The van der Waals surface area contributed by atoms with Crippen LogP contribution in [-0.2, 0) is 22.6 Å². The molecule has 0 spiro atoms. The Morgan fingerprint density at radius 3 is 1.89 bits per heavy atom. The molecule has 3 aromatic carbocycles. The average molecular weight is 485 g/mol. The van der Waals surface area contributed by atoms with Crippen LogP contribution in [0.3, 0.4) is 0 Å². The van der Waals surface area contributed by atoms with E-state index in [1.54, 1.807) is 29.2 Å². The van der Waals surface area contributed by atoms with Crippen LogP contribution in [0.5, 0.6) is 0 Å². The highest BCUT2D eigenvalue weighted by Crippen LogP contribution is 2.11. The highest BCUT2D eigenvalue weighted by atomic mass is 16.2. The fourth-order valence-electron chi connectivity index (χ4n) is 4.28. The van der Waals surface area contributed by atoms with Crippen molar-refractivity contribution in [2.75, 3.05) is 32.7 Å². The van der Waals surface area contributed by atoms with E-state index in [4.69, 9.17) is 0 Å². The van der Waals surface area contributed by atoms with Gasteiger partial charge in [0.25, 0.3) is 5.91 Å². The molecule has 0 bridgehead atoms. The molecule has 0 aliphatic carbocycles. The van der Waals surface area contributed by atoms with E-state index < -0.39 is 6.04 Å². The van der Waals surface area contributed by atoms with Gasteiger partial charge in [-0.25, -0.2) is 0 Å². The van der Waals surface area contributed by atoms with Gasteiger partial charge in [0.2, 0.25) is 11.8 Å². The van der Waals surface area contributed by atoms with Crippen LogP contribution in [0.2, 0.25) is 0 Å². The predicted octanol–water partition coefficient (Wildman–Crippen LogP) is 2.49. The van der Waals surface area contributed by atoms with Crippen LogP contribution in [0.15, 0.2) is 91.0 Å². The molecule has 186 valence electrons. The SMILES string of the molecule is O=C(CN1CCN(C(=O)[C@@H](Cc2ccccc2)NC(=O)c2ccccc2)CC1)NCc1ccccc1. The first-order valence-electron chi connectivity index (χ1n) is 12.3. The van der Waals surface area contributed by atoms with E-state index in [0.717, 1.165) is 11.1 Å². The molecule has 1 aliphatic heterocycles. The van der Waals surface area contributed by atoms with E-state index >= 15 is 0 Å². The zero-order valence-corrected chi connectivity index (χ0v) is 20.3. The van der Waals surface area contributed by atoms with Crippen molar-refractivity contribution in [2.45, 2.75) is 19.0 Å². The molecule has 0 unspecified atom stereocenters. The summed E-state index contributed by atoms with van der Waals surface area (Å²) < 4.78 is 0. The fourth-order valence-corrected chi connectivity index (χ4v) is 4.28. The fraction of sp³-hybridized carbons (Fsp3) is 0.276. The third-order valence-electron chi connectivity index (χ3n) is 6.31. The van der Waals surface area contributed by atoms with Gasteiger partial charge in [-0.1, -0.05) is 78.9 Å². The average Bonchev–Trinajstić information content (AvgIpc) is 2.93. The molecule has 0 saturated carbocycles. The zero-order valence-electron chi connectivity index (χ0n) is 20.3. The monoisotopic (exact) mass is 484 g/mol. The predicted molar refractivity (Wildman–Crippen MR) is 139 cm³/mol. The first-order chi connectivity index (χ1) is 17.6. The van der Waals surface area contributed by atoms with Crippen molar-refractivity contribution < 1.29 is 14.4 Å². The standard InChI is InChI=1S/C29H32N4O3/c34-27(30-21-24-12-6-2-7-13-24)22-32-16-18-33(19-17-32)29(36)26(20-23-10-4-1-5-11-23)31-28(35)25-14-8-3-9-15-25/h1-15,26H,16-22H2,(H,30,34)(H,31,35)/t26-/m1/s1. The Morgan fingerprint density at radius 2 is 1.28 bits per heavy atom. The molecule has 1 saturated heterocycles. The number of carbonyl (C=O) groups excluding carboxylic acids is 3. The van der Waals surface area contributed by atoms with Gasteiger partial charge in [-0.3, -0.25) is 19.3 Å². The van der Waals surface area contributed by atoms with Crippen molar-refractivity contribution in [3.05, 3.63) is 108 Å². The Bertz CT molecular complexity index is 1130. The van der Waals surface area contributed by atoms with E-state index in [9.17, 15) is 14.4 Å². The first kappa shape index (κ1) is 25.1. The third kappa shape index (κ3) is 7.26. The Hall–Kier alpha value is -3.97. The molecule has 2 N–H and O–H groups in total. The molecule has 7 heteroatoms. The molecule has 0 aromatic heterocycles. The second kappa shape index (κ2) is 12.7. The number of piperazine rings is 1. The van der Waals surface area contributed by atoms with Gasteiger partial charge in [-0.15, -0.1) is 0 Å². The molecule has 1 atom stereocenters. The molecular formula is C29H32N4O3. The minimum Gasteiger partial charge on any atom is -0.351 e. The molecule has 4 rings (SSSR count). The van der Waals surface area contributed by atoms with Gasteiger partial charge in [-0.05, 0) is 23.3 Å². The van der Waals surface area contributed by atoms with Crippen molar-refractivity contribution in [2.24, 2.45) is 0 Å². The molecule has 3 aromatic rings. The van der Waals surface area contributed by atoms with Crippen LogP contribution in [0.25, 0.3) is 0 Å². The summed E-state index contributed by atoms with van der Waals surface area (Å²) in [7, 11) is 0. The second-order valence-electron chi connectivity index (χ2n) is 8.95. The van der Waals surface area contributed by atoms with Crippen molar-refractivity contribution in [1.29, 1.82) is 0 Å². The Balaban J connectivity index is 1.31. The lowest BCUT2D eigenvalue weighted by Crippen LogP contribution is -2.56. The first-order valence-corrected chi connectivity index (χ1v) is 12.3. The van der Waals surface area contributed by atoms with Gasteiger partial charge in [0, 0.05) is 44.7 Å². The normalized spacial score (nSPS) is 14.6. The number of rotatable bonds is 9. The van der Waals surface area contributed by atoms with Crippen LogP contribution in [0.4, 0.5) is 0 Å². The maximum absolute atomic E-state index is 13.5. The molecule has 1 fully saturated rings. The molecule has 3 amide bonds. The van der Waals surface area contributed by atoms with Crippen LogP contribution < -0.4 is 10.6 Å². The number of nitrogens with one attached hydrogen (secondary N) is 2. The molecule has 7 nitrogen and oxygen atoms in total. The summed E-state index contributed by atoms with van der Waals surface area (Å²) in [4.78, 5) is 42.5. The van der Waals surface area contributed by atoms with Crippen molar-refractivity contribution in [3.8, 4) is 0 Å². The molecule has 1 aliphatic rings. The quantitative estimate of drug-likeness (QED) is 0.489.